The molecule has 2 rings (SSSR count). The van der Waals surface area contributed by atoms with Crippen molar-refractivity contribution in [3.05, 3.63) is 39.9 Å². The number of carbonyl (C=O) groups excluding carboxylic acids is 2. The summed E-state index contributed by atoms with van der Waals surface area (Å²) < 4.78 is 0. The summed E-state index contributed by atoms with van der Waals surface area (Å²) in [6, 6.07) is 4.74. The van der Waals surface area contributed by atoms with Crippen LogP contribution in [0.2, 0.25) is 0 Å². The van der Waals surface area contributed by atoms with Gasteiger partial charge in [-0.2, -0.15) is 0 Å². The predicted octanol–water partition coefficient (Wildman–Crippen LogP) is 1.30. The van der Waals surface area contributed by atoms with E-state index in [1.54, 1.807) is 11.8 Å². The summed E-state index contributed by atoms with van der Waals surface area (Å²) >= 11 is 0. The van der Waals surface area contributed by atoms with Gasteiger partial charge in [-0.1, -0.05) is 6.07 Å². The molecular formula is C17H24N4O4. The highest BCUT2D eigenvalue weighted by atomic mass is 16.6. The molecule has 1 fully saturated rings. The minimum absolute atomic E-state index is 0.0189. The Hall–Kier alpha value is -2.48. The Bertz CT molecular complexity index is 662. The maximum Gasteiger partial charge on any atom is 0.270 e. The van der Waals surface area contributed by atoms with Crippen LogP contribution in [0.5, 0.6) is 0 Å². The first-order valence-corrected chi connectivity index (χ1v) is 8.39. The Morgan fingerprint density at radius 1 is 1.40 bits per heavy atom. The second-order valence-electron chi connectivity index (χ2n) is 6.55. The van der Waals surface area contributed by atoms with Gasteiger partial charge in [-0.3, -0.25) is 19.7 Å². The Kier molecular flexibility index (Phi) is 6.08. The first-order valence-electron chi connectivity index (χ1n) is 8.39. The Labute approximate surface area is 146 Å². The van der Waals surface area contributed by atoms with E-state index in [2.05, 4.69) is 5.32 Å². The molecule has 8 nitrogen and oxygen atoms in total. The van der Waals surface area contributed by atoms with E-state index in [0.29, 0.717) is 13.1 Å². The van der Waals surface area contributed by atoms with Gasteiger partial charge in [0.15, 0.2) is 0 Å². The topological polar surface area (TPSA) is 119 Å². The molecule has 3 N–H and O–H groups in total. The van der Waals surface area contributed by atoms with Crippen LogP contribution in [0.15, 0.2) is 24.3 Å². The van der Waals surface area contributed by atoms with Gasteiger partial charge in [-0.15, -0.1) is 0 Å². The molecule has 0 spiro atoms. The molecule has 0 aliphatic carbocycles. The molecule has 1 aromatic rings. The lowest BCUT2D eigenvalue weighted by Gasteiger charge is -2.36. The number of non-ortho nitro benzene ring substituents is 1. The summed E-state index contributed by atoms with van der Waals surface area (Å²) in [5.41, 5.74) is 5.93. The zero-order chi connectivity index (χ0) is 18.6. The highest BCUT2D eigenvalue weighted by Crippen LogP contribution is 2.19. The van der Waals surface area contributed by atoms with Crippen molar-refractivity contribution >= 4 is 17.5 Å². The quantitative estimate of drug-likeness (QED) is 0.614. The molecule has 0 saturated carbocycles. The molecule has 1 aliphatic heterocycles. The minimum atomic E-state index is -0.710. The molecule has 1 saturated heterocycles. The molecule has 1 aromatic carbocycles. The first kappa shape index (κ1) is 18.9. The fourth-order valence-corrected chi connectivity index (χ4v) is 3.02. The maximum absolute atomic E-state index is 12.6. The van der Waals surface area contributed by atoms with Gasteiger partial charge in [-0.05, 0) is 38.7 Å². The summed E-state index contributed by atoms with van der Waals surface area (Å²) in [6.07, 6.45) is 1.89. The standard InChI is InChI=1S/C17H24N4O4/c1-11(18)14-6-4-8-20(10-14)17(23)12(2)19-16(22)13-5-3-7-15(9-13)21(24)25/h3,5,7,9,11-12,14H,4,6,8,10,18H2,1-2H3,(H,19,22). The number of nitrogens with one attached hydrogen (secondary N) is 1. The van der Waals surface area contributed by atoms with Gasteiger partial charge >= 0.3 is 0 Å². The number of benzene rings is 1. The average Bonchev–Trinajstić information content (AvgIpc) is 2.61. The number of nitrogens with zero attached hydrogens (tertiary/aromatic N) is 2. The van der Waals surface area contributed by atoms with E-state index in [4.69, 9.17) is 5.73 Å². The van der Waals surface area contributed by atoms with Crippen molar-refractivity contribution in [2.45, 2.75) is 38.8 Å². The number of amides is 2. The van der Waals surface area contributed by atoms with Gasteiger partial charge in [0, 0.05) is 36.8 Å². The SMILES string of the molecule is CC(NC(=O)c1cccc([N+](=O)[O-])c1)C(=O)N1CCCC(C(C)N)C1. The van der Waals surface area contributed by atoms with E-state index in [9.17, 15) is 19.7 Å². The summed E-state index contributed by atoms with van der Waals surface area (Å²) in [7, 11) is 0. The van der Waals surface area contributed by atoms with Crippen LogP contribution in [-0.4, -0.2) is 46.8 Å². The van der Waals surface area contributed by atoms with Crippen LogP contribution in [0.3, 0.4) is 0 Å². The van der Waals surface area contributed by atoms with Crippen LogP contribution >= 0.6 is 0 Å². The second-order valence-corrected chi connectivity index (χ2v) is 6.55. The van der Waals surface area contributed by atoms with Crippen LogP contribution in [0.4, 0.5) is 5.69 Å². The summed E-state index contributed by atoms with van der Waals surface area (Å²) in [6.45, 7) is 4.80. The molecule has 0 aromatic heterocycles. The van der Waals surface area contributed by atoms with Gasteiger partial charge in [0.25, 0.3) is 11.6 Å². The van der Waals surface area contributed by atoms with E-state index < -0.39 is 16.9 Å². The number of nitro benzene ring substituents is 1. The third-order valence-corrected chi connectivity index (χ3v) is 4.55. The van der Waals surface area contributed by atoms with Crippen molar-refractivity contribution in [2.24, 2.45) is 11.7 Å². The van der Waals surface area contributed by atoms with E-state index >= 15 is 0 Å². The average molecular weight is 348 g/mol. The molecule has 0 bridgehead atoms. The summed E-state index contributed by atoms with van der Waals surface area (Å²) in [5, 5.41) is 13.4. The fraction of sp³-hybridized carbons (Fsp3) is 0.529. The number of piperidine rings is 1. The van der Waals surface area contributed by atoms with Crippen molar-refractivity contribution in [3.63, 3.8) is 0 Å². The third kappa shape index (κ3) is 4.76. The van der Waals surface area contributed by atoms with Gasteiger partial charge in [0.1, 0.15) is 6.04 Å². The number of nitrogens with two attached hydrogens (primary N) is 1. The molecule has 2 amide bonds. The number of carbonyl (C=O) groups is 2. The Morgan fingerprint density at radius 3 is 2.76 bits per heavy atom. The molecule has 136 valence electrons. The van der Waals surface area contributed by atoms with Crippen LogP contribution in [0.25, 0.3) is 0 Å². The van der Waals surface area contributed by atoms with E-state index in [0.717, 1.165) is 12.8 Å². The van der Waals surface area contributed by atoms with E-state index in [-0.39, 0.29) is 29.1 Å². The summed E-state index contributed by atoms with van der Waals surface area (Å²) in [5.74, 6) is -0.410. The van der Waals surface area contributed by atoms with Crippen molar-refractivity contribution in [1.29, 1.82) is 0 Å². The lowest BCUT2D eigenvalue weighted by atomic mass is 9.92. The number of nitro groups is 1. The Morgan fingerprint density at radius 2 is 2.12 bits per heavy atom. The first-order chi connectivity index (χ1) is 11.8. The zero-order valence-corrected chi connectivity index (χ0v) is 14.5. The van der Waals surface area contributed by atoms with Gasteiger partial charge in [0.05, 0.1) is 4.92 Å². The van der Waals surface area contributed by atoms with Gasteiger partial charge < -0.3 is 16.0 Å². The van der Waals surface area contributed by atoms with Crippen LogP contribution in [-0.2, 0) is 4.79 Å². The van der Waals surface area contributed by atoms with Gasteiger partial charge in [0.2, 0.25) is 5.91 Å². The molecule has 1 aliphatic rings. The number of hydrogen-bond acceptors (Lipinski definition) is 5. The largest absolute Gasteiger partial charge is 0.341 e. The van der Waals surface area contributed by atoms with Crippen molar-refractivity contribution in [3.8, 4) is 0 Å². The summed E-state index contributed by atoms with van der Waals surface area (Å²) in [4.78, 5) is 36.8. The molecule has 1 heterocycles. The molecule has 3 unspecified atom stereocenters. The molecule has 3 atom stereocenters. The van der Waals surface area contributed by atoms with Gasteiger partial charge in [-0.25, -0.2) is 0 Å². The minimum Gasteiger partial charge on any atom is -0.341 e. The number of rotatable bonds is 5. The fourth-order valence-electron chi connectivity index (χ4n) is 3.02. The van der Waals surface area contributed by atoms with E-state index in [1.807, 2.05) is 6.92 Å². The molecule has 0 radical (unpaired) electrons. The van der Waals surface area contributed by atoms with Crippen LogP contribution in [0.1, 0.15) is 37.0 Å². The van der Waals surface area contributed by atoms with Crippen LogP contribution < -0.4 is 11.1 Å². The molecule has 8 heteroatoms. The highest BCUT2D eigenvalue weighted by molar-refractivity contribution is 5.97. The van der Waals surface area contributed by atoms with E-state index in [1.165, 1.54) is 24.3 Å². The monoisotopic (exact) mass is 348 g/mol. The van der Waals surface area contributed by atoms with Crippen molar-refractivity contribution in [2.75, 3.05) is 13.1 Å². The molecular weight excluding hydrogens is 324 g/mol. The molecule has 25 heavy (non-hydrogen) atoms. The number of likely N-dealkylation sites (tertiary alicyclic amines) is 1. The van der Waals surface area contributed by atoms with Crippen LogP contribution in [0, 0.1) is 16.0 Å². The normalized spacial score (nSPS) is 19.8. The van der Waals surface area contributed by atoms with Crippen molar-refractivity contribution < 1.29 is 14.5 Å². The lowest BCUT2D eigenvalue weighted by molar-refractivity contribution is -0.384. The van der Waals surface area contributed by atoms with Crippen molar-refractivity contribution in [1.82, 2.24) is 10.2 Å². The maximum atomic E-state index is 12.6. The highest BCUT2D eigenvalue weighted by Gasteiger charge is 2.29. The second kappa shape index (κ2) is 8.06. The zero-order valence-electron chi connectivity index (χ0n) is 14.5. The lowest BCUT2D eigenvalue weighted by Crippen LogP contribution is -2.51. The Balaban J connectivity index is 1.99. The smallest absolute Gasteiger partial charge is 0.270 e. The predicted molar refractivity (Wildman–Crippen MR) is 93.0 cm³/mol. The third-order valence-electron chi connectivity index (χ3n) is 4.55. The number of hydrogen-bond donors (Lipinski definition) is 2.